The maximum absolute atomic E-state index is 4.29. The van der Waals surface area contributed by atoms with E-state index in [1.54, 1.807) is 9.80 Å². The van der Waals surface area contributed by atoms with Gasteiger partial charge in [-0.3, -0.25) is 0 Å². The van der Waals surface area contributed by atoms with Crippen molar-refractivity contribution in [1.82, 2.24) is 0 Å². The summed E-state index contributed by atoms with van der Waals surface area (Å²) < 4.78 is 0. The third-order valence-corrected chi connectivity index (χ3v) is 3.62. The van der Waals surface area contributed by atoms with Crippen molar-refractivity contribution in [2.45, 2.75) is 6.04 Å². The van der Waals surface area contributed by atoms with Gasteiger partial charge < -0.3 is 15.5 Å². The van der Waals surface area contributed by atoms with Crippen LogP contribution in [0.2, 0.25) is 0 Å². The van der Waals surface area contributed by atoms with Crippen LogP contribution in [-0.4, -0.2) is 39.8 Å². The highest BCUT2D eigenvalue weighted by Gasteiger charge is 2.23. The number of nitrogens with one attached hydrogen (secondary N) is 2. The van der Waals surface area contributed by atoms with Gasteiger partial charge >= 0.3 is 0 Å². The maximum Gasteiger partial charge on any atom is 0.160 e. The number of likely N-dealkylation sites (N-methyl/N-ethyl adjacent to an activating group) is 1. The number of piperazine rings is 1. The Morgan fingerprint density at radius 3 is 2.38 bits per heavy atom. The Kier molecular flexibility index (Phi) is 3.93. The zero-order chi connectivity index (χ0) is 11.4. The molecule has 0 bridgehead atoms. The second kappa shape index (κ2) is 5.43. The number of hydrogen-bond donors (Lipinski definition) is 3. The zero-order valence-corrected chi connectivity index (χ0v) is 10.2. The van der Waals surface area contributed by atoms with E-state index in [2.05, 4.69) is 43.1 Å². The minimum absolute atomic E-state index is 0.439. The van der Waals surface area contributed by atoms with Gasteiger partial charge in [0.2, 0.25) is 0 Å². The first-order valence-corrected chi connectivity index (χ1v) is 6.28. The van der Waals surface area contributed by atoms with Crippen molar-refractivity contribution in [3.8, 4) is 0 Å². The van der Waals surface area contributed by atoms with E-state index < -0.39 is 0 Å². The molecule has 0 radical (unpaired) electrons. The number of quaternary nitrogens is 3. The fraction of sp³-hybridized carbons (Fsp3) is 0.538. The molecule has 3 nitrogen and oxygen atoms in total. The van der Waals surface area contributed by atoms with Crippen LogP contribution in [0, 0.1) is 0 Å². The van der Waals surface area contributed by atoms with Crippen molar-refractivity contribution in [3.63, 3.8) is 0 Å². The predicted molar refractivity (Wildman–Crippen MR) is 64.3 cm³/mol. The van der Waals surface area contributed by atoms with E-state index in [1.807, 2.05) is 0 Å². The molecule has 0 amide bonds. The molecule has 3 heteroatoms. The van der Waals surface area contributed by atoms with Crippen LogP contribution in [0.25, 0.3) is 0 Å². The summed E-state index contributed by atoms with van der Waals surface area (Å²) in [7, 11) is 2.29. The lowest BCUT2D eigenvalue weighted by Crippen LogP contribution is -3.27. The van der Waals surface area contributed by atoms with Gasteiger partial charge in [-0.15, -0.1) is 0 Å². The van der Waals surface area contributed by atoms with E-state index in [9.17, 15) is 0 Å². The number of benzene rings is 1. The Bertz CT molecular complexity index is 304. The molecule has 88 valence electrons. The molecule has 0 spiro atoms. The second-order valence-corrected chi connectivity index (χ2v) is 5.02. The van der Waals surface area contributed by atoms with Gasteiger partial charge in [0.25, 0.3) is 0 Å². The Balaban J connectivity index is 1.86. The van der Waals surface area contributed by atoms with Crippen LogP contribution < -0.4 is 15.5 Å². The van der Waals surface area contributed by atoms with Crippen molar-refractivity contribution in [1.29, 1.82) is 0 Å². The highest BCUT2D eigenvalue weighted by atomic mass is 15.2. The highest BCUT2D eigenvalue weighted by molar-refractivity contribution is 5.16. The third-order valence-electron chi connectivity index (χ3n) is 3.62. The normalized spacial score (nSPS) is 27.6. The summed E-state index contributed by atoms with van der Waals surface area (Å²) >= 11 is 0. The first-order chi connectivity index (χ1) is 7.75. The van der Waals surface area contributed by atoms with Crippen molar-refractivity contribution >= 4 is 0 Å². The average Bonchev–Trinajstić information content (AvgIpc) is 2.33. The van der Waals surface area contributed by atoms with Gasteiger partial charge in [0.15, 0.2) is 6.04 Å². The van der Waals surface area contributed by atoms with Gasteiger partial charge in [-0.2, -0.15) is 0 Å². The summed E-state index contributed by atoms with van der Waals surface area (Å²) in [4.78, 5) is 3.39. The smallest absolute Gasteiger partial charge is 0.160 e. The Morgan fingerprint density at radius 2 is 1.75 bits per heavy atom. The van der Waals surface area contributed by atoms with Gasteiger partial charge in [0, 0.05) is 5.56 Å². The van der Waals surface area contributed by atoms with Crippen molar-refractivity contribution < 1.29 is 15.5 Å². The van der Waals surface area contributed by atoms with Crippen molar-refractivity contribution in [2.24, 2.45) is 0 Å². The molecule has 1 aromatic carbocycles. The molecular weight excluding hydrogens is 198 g/mol. The van der Waals surface area contributed by atoms with E-state index in [0.29, 0.717) is 6.04 Å². The standard InChI is InChI=1S/C13H21N3/c1-15-7-9-16(10-8-15)11-13(14)12-5-3-2-4-6-12/h2-6,13H,7-11,14H2,1H3/p+3/t13-/m1/s1. The molecular formula is C13H24N3+3. The fourth-order valence-corrected chi connectivity index (χ4v) is 2.43. The molecule has 5 N–H and O–H groups in total. The molecule has 1 heterocycles. The Labute approximate surface area is 97.8 Å². The molecule has 1 aromatic rings. The summed E-state index contributed by atoms with van der Waals surface area (Å²) in [6.07, 6.45) is 0. The van der Waals surface area contributed by atoms with Gasteiger partial charge in [0.05, 0.1) is 7.05 Å². The lowest BCUT2D eigenvalue weighted by Gasteiger charge is -2.28. The molecule has 0 unspecified atom stereocenters. The van der Waals surface area contributed by atoms with Gasteiger partial charge in [0.1, 0.15) is 32.7 Å². The van der Waals surface area contributed by atoms with Crippen LogP contribution in [0.1, 0.15) is 11.6 Å². The fourth-order valence-electron chi connectivity index (χ4n) is 2.43. The second-order valence-electron chi connectivity index (χ2n) is 5.02. The molecule has 1 saturated heterocycles. The van der Waals surface area contributed by atoms with E-state index in [1.165, 1.54) is 38.3 Å². The maximum atomic E-state index is 4.29. The van der Waals surface area contributed by atoms with Crippen LogP contribution in [-0.2, 0) is 0 Å². The average molecular weight is 222 g/mol. The minimum atomic E-state index is 0.439. The lowest BCUT2D eigenvalue weighted by molar-refractivity contribution is -1.01. The predicted octanol–water partition coefficient (Wildman–Crippen LogP) is -2.62. The monoisotopic (exact) mass is 222 g/mol. The van der Waals surface area contributed by atoms with E-state index >= 15 is 0 Å². The highest BCUT2D eigenvalue weighted by Crippen LogP contribution is 2.04. The molecule has 1 fully saturated rings. The van der Waals surface area contributed by atoms with E-state index in [-0.39, 0.29) is 0 Å². The van der Waals surface area contributed by atoms with Crippen LogP contribution in [0.4, 0.5) is 0 Å². The number of hydrogen-bond acceptors (Lipinski definition) is 0. The van der Waals surface area contributed by atoms with Crippen molar-refractivity contribution in [3.05, 3.63) is 35.9 Å². The minimum Gasteiger partial charge on any atom is -0.347 e. The van der Waals surface area contributed by atoms with Gasteiger partial charge in [-0.05, 0) is 0 Å². The Morgan fingerprint density at radius 1 is 1.12 bits per heavy atom. The molecule has 1 atom stereocenters. The zero-order valence-electron chi connectivity index (χ0n) is 10.2. The molecule has 1 aliphatic rings. The third kappa shape index (κ3) is 3.04. The molecule has 2 rings (SSSR count). The largest absolute Gasteiger partial charge is 0.347 e. The van der Waals surface area contributed by atoms with E-state index in [4.69, 9.17) is 0 Å². The molecule has 0 aliphatic carbocycles. The summed E-state index contributed by atoms with van der Waals surface area (Å²) in [6.45, 7) is 6.38. The van der Waals surface area contributed by atoms with Crippen molar-refractivity contribution in [2.75, 3.05) is 39.8 Å². The molecule has 1 aliphatic heterocycles. The van der Waals surface area contributed by atoms with Crippen LogP contribution in [0.5, 0.6) is 0 Å². The van der Waals surface area contributed by atoms with E-state index in [0.717, 1.165) is 0 Å². The topological polar surface area (TPSA) is 36.5 Å². The quantitative estimate of drug-likeness (QED) is 0.501. The first-order valence-electron chi connectivity index (χ1n) is 6.28. The summed E-state index contributed by atoms with van der Waals surface area (Å²) in [5, 5.41) is 0. The van der Waals surface area contributed by atoms with Gasteiger partial charge in [-0.25, -0.2) is 0 Å². The lowest BCUT2D eigenvalue weighted by atomic mass is 10.1. The Hall–Kier alpha value is -0.900. The molecule has 0 aromatic heterocycles. The summed E-state index contributed by atoms with van der Waals surface area (Å²) in [5.41, 5.74) is 5.67. The van der Waals surface area contributed by atoms with Crippen LogP contribution in [0.3, 0.4) is 0 Å². The molecule has 16 heavy (non-hydrogen) atoms. The van der Waals surface area contributed by atoms with Crippen LogP contribution in [0.15, 0.2) is 30.3 Å². The summed E-state index contributed by atoms with van der Waals surface area (Å²) in [5.74, 6) is 0. The van der Waals surface area contributed by atoms with Crippen LogP contribution >= 0.6 is 0 Å². The SMILES string of the molecule is C[NH+]1CC[NH+](C[C@@H]([NH3+])c2ccccc2)CC1. The first kappa shape index (κ1) is 11.6. The summed E-state index contributed by atoms with van der Waals surface area (Å²) in [6, 6.07) is 11.1. The van der Waals surface area contributed by atoms with Gasteiger partial charge in [-0.1, -0.05) is 30.3 Å². The molecule has 0 saturated carbocycles. The number of rotatable bonds is 3.